The van der Waals surface area contributed by atoms with Crippen molar-refractivity contribution in [2.75, 3.05) is 36.6 Å². The van der Waals surface area contributed by atoms with Crippen LogP contribution in [0.3, 0.4) is 0 Å². The highest BCUT2D eigenvalue weighted by molar-refractivity contribution is 5.64. The van der Waals surface area contributed by atoms with Crippen molar-refractivity contribution in [1.82, 2.24) is 0 Å². The van der Waals surface area contributed by atoms with Gasteiger partial charge in [0.25, 0.3) is 5.69 Å². The van der Waals surface area contributed by atoms with Crippen molar-refractivity contribution in [3.8, 4) is 0 Å². The van der Waals surface area contributed by atoms with E-state index in [0.717, 1.165) is 18.8 Å². The van der Waals surface area contributed by atoms with Gasteiger partial charge in [-0.15, -0.1) is 0 Å². The number of nitro benzene ring substituents is 1. The van der Waals surface area contributed by atoms with Crippen molar-refractivity contribution in [3.05, 3.63) is 28.3 Å². The van der Waals surface area contributed by atoms with Gasteiger partial charge >= 0.3 is 0 Å². The van der Waals surface area contributed by atoms with Gasteiger partial charge in [-0.3, -0.25) is 16.0 Å². The van der Waals surface area contributed by atoms with Crippen LogP contribution in [0.4, 0.5) is 17.1 Å². The molecular formula is C10H14N4O3. The van der Waals surface area contributed by atoms with E-state index in [4.69, 9.17) is 10.6 Å². The molecule has 92 valence electrons. The molecule has 17 heavy (non-hydrogen) atoms. The third kappa shape index (κ3) is 2.63. The topological polar surface area (TPSA) is 93.7 Å². The Kier molecular flexibility index (Phi) is 3.40. The molecule has 0 radical (unpaired) electrons. The number of nitro groups is 1. The van der Waals surface area contributed by atoms with E-state index in [1.165, 1.54) is 6.07 Å². The Morgan fingerprint density at radius 2 is 2.06 bits per heavy atom. The summed E-state index contributed by atoms with van der Waals surface area (Å²) in [7, 11) is 0. The second-order valence-corrected chi connectivity index (χ2v) is 3.74. The van der Waals surface area contributed by atoms with E-state index in [1.807, 2.05) is 4.90 Å². The number of hydrazine groups is 1. The minimum atomic E-state index is -0.426. The fourth-order valence-corrected chi connectivity index (χ4v) is 1.79. The zero-order chi connectivity index (χ0) is 12.3. The number of nitrogens with zero attached hydrogens (tertiary/aromatic N) is 2. The van der Waals surface area contributed by atoms with Crippen LogP contribution in [0.5, 0.6) is 0 Å². The van der Waals surface area contributed by atoms with E-state index >= 15 is 0 Å². The van der Waals surface area contributed by atoms with Crippen LogP contribution in [0.1, 0.15) is 0 Å². The van der Waals surface area contributed by atoms with Crippen molar-refractivity contribution >= 4 is 17.1 Å². The molecule has 1 aromatic rings. The molecule has 2 rings (SSSR count). The van der Waals surface area contributed by atoms with Gasteiger partial charge in [-0.1, -0.05) is 0 Å². The predicted molar refractivity (Wildman–Crippen MR) is 63.9 cm³/mol. The average Bonchev–Trinajstić information content (AvgIpc) is 2.39. The number of hydrogen-bond donors (Lipinski definition) is 2. The minimum absolute atomic E-state index is 0.0296. The SMILES string of the molecule is NNc1cc(N2CCOCC2)cc([N+](=O)[O-])c1. The molecule has 0 saturated carbocycles. The molecule has 0 unspecified atom stereocenters. The van der Waals surface area contributed by atoms with Crippen LogP contribution in [-0.4, -0.2) is 31.2 Å². The van der Waals surface area contributed by atoms with Gasteiger partial charge < -0.3 is 15.1 Å². The molecule has 1 aliphatic heterocycles. The molecule has 1 fully saturated rings. The van der Waals surface area contributed by atoms with Gasteiger partial charge in [0.05, 0.1) is 23.8 Å². The van der Waals surface area contributed by atoms with Crippen LogP contribution in [0.25, 0.3) is 0 Å². The van der Waals surface area contributed by atoms with Crippen LogP contribution in [0.15, 0.2) is 18.2 Å². The number of hydrogen-bond acceptors (Lipinski definition) is 6. The predicted octanol–water partition coefficient (Wildman–Crippen LogP) is 0.717. The minimum Gasteiger partial charge on any atom is -0.378 e. The van der Waals surface area contributed by atoms with Crippen molar-refractivity contribution in [1.29, 1.82) is 0 Å². The van der Waals surface area contributed by atoms with Crippen molar-refractivity contribution in [3.63, 3.8) is 0 Å². The van der Waals surface area contributed by atoms with Gasteiger partial charge in [0, 0.05) is 30.9 Å². The highest BCUT2D eigenvalue weighted by Gasteiger charge is 2.16. The van der Waals surface area contributed by atoms with E-state index < -0.39 is 4.92 Å². The number of non-ortho nitro benzene ring substituents is 1. The first-order chi connectivity index (χ1) is 8.20. The molecule has 0 bridgehead atoms. The summed E-state index contributed by atoms with van der Waals surface area (Å²) in [5.41, 5.74) is 3.78. The molecule has 3 N–H and O–H groups in total. The van der Waals surface area contributed by atoms with Crippen LogP contribution in [0, 0.1) is 10.1 Å². The highest BCUT2D eigenvalue weighted by Crippen LogP contribution is 2.27. The smallest absolute Gasteiger partial charge is 0.273 e. The normalized spacial score (nSPS) is 15.7. The summed E-state index contributed by atoms with van der Waals surface area (Å²) in [6.07, 6.45) is 0. The summed E-state index contributed by atoms with van der Waals surface area (Å²) in [6, 6.07) is 4.74. The lowest BCUT2D eigenvalue weighted by Crippen LogP contribution is -2.36. The van der Waals surface area contributed by atoms with E-state index in [-0.39, 0.29) is 5.69 Å². The Hall–Kier alpha value is -1.86. The number of rotatable bonds is 3. The molecule has 7 heteroatoms. The summed E-state index contributed by atoms with van der Waals surface area (Å²) in [5.74, 6) is 5.30. The number of nitrogens with two attached hydrogens (primary N) is 1. The van der Waals surface area contributed by atoms with Gasteiger partial charge in [-0.05, 0) is 6.07 Å². The van der Waals surface area contributed by atoms with E-state index in [2.05, 4.69) is 5.43 Å². The molecule has 1 saturated heterocycles. The lowest BCUT2D eigenvalue weighted by atomic mass is 10.2. The van der Waals surface area contributed by atoms with Crippen LogP contribution in [0.2, 0.25) is 0 Å². The fourth-order valence-electron chi connectivity index (χ4n) is 1.79. The zero-order valence-electron chi connectivity index (χ0n) is 9.26. The lowest BCUT2D eigenvalue weighted by Gasteiger charge is -2.28. The van der Waals surface area contributed by atoms with Crippen LogP contribution >= 0.6 is 0 Å². The van der Waals surface area contributed by atoms with Crippen LogP contribution in [-0.2, 0) is 4.74 Å². The number of anilines is 2. The Labute approximate surface area is 98.3 Å². The molecule has 1 aliphatic rings. The number of ether oxygens (including phenoxy) is 1. The molecule has 0 amide bonds. The van der Waals surface area contributed by atoms with E-state index in [1.54, 1.807) is 12.1 Å². The molecule has 7 nitrogen and oxygen atoms in total. The van der Waals surface area contributed by atoms with Gasteiger partial charge in [-0.25, -0.2) is 0 Å². The third-order valence-electron chi connectivity index (χ3n) is 2.66. The molecule has 0 aromatic heterocycles. The van der Waals surface area contributed by atoms with Gasteiger partial charge in [-0.2, -0.15) is 0 Å². The second-order valence-electron chi connectivity index (χ2n) is 3.74. The molecule has 0 aliphatic carbocycles. The first-order valence-corrected chi connectivity index (χ1v) is 5.29. The number of nitrogen functional groups attached to an aromatic ring is 1. The Balaban J connectivity index is 2.31. The number of nitrogens with one attached hydrogen (secondary N) is 1. The highest BCUT2D eigenvalue weighted by atomic mass is 16.6. The zero-order valence-corrected chi connectivity index (χ0v) is 9.26. The average molecular weight is 238 g/mol. The summed E-state index contributed by atoms with van der Waals surface area (Å²) in [5, 5.41) is 10.8. The van der Waals surface area contributed by atoms with Crippen molar-refractivity contribution in [2.45, 2.75) is 0 Å². The first kappa shape index (κ1) is 11.6. The fraction of sp³-hybridized carbons (Fsp3) is 0.400. The summed E-state index contributed by atoms with van der Waals surface area (Å²) >= 11 is 0. The monoisotopic (exact) mass is 238 g/mol. The number of benzene rings is 1. The maximum Gasteiger partial charge on any atom is 0.273 e. The molecular weight excluding hydrogens is 224 g/mol. The maximum atomic E-state index is 10.8. The first-order valence-electron chi connectivity index (χ1n) is 5.29. The standard InChI is InChI=1S/C10H14N4O3/c11-12-8-5-9(7-10(6-8)14(15)16)13-1-3-17-4-2-13/h5-7,12H,1-4,11H2. The van der Waals surface area contributed by atoms with Gasteiger partial charge in [0.2, 0.25) is 0 Å². The third-order valence-corrected chi connectivity index (χ3v) is 2.66. The van der Waals surface area contributed by atoms with Crippen molar-refractivity contribution in [2.24, 2.45) is 5.84 Å². The lowest BCUT2D eigenvalue weighted by molar-refractivity contribution is -0.384. The Bertz CT molecular complexity index is 418. The van der Waals surface area contributed by atoms with Gasteiger partial charge in [0.1, 0.15) is 0 Å². The van der Waals surface area contributed by atoms with E-state index in [0.29, 0.717) is 18.9 Å². The second kappa shape index (κ2) is 4.98. The summed E-state index contributed by atoms with van der Waals surface area (Å²) in [6.45, 7) is 2.72. The molecule has 1 aromatic carbocycles. The maximum absolute atomic E-state index is 10.8. The quantitative estimate of drug-likeness (QED) is 0.457. The van der Waals surface area contributed by atoms with Gasteiger partial charge in [0.15, 0.2) is 0 Å². The van der Waals surface area contributed by atoms with Crippen LogP contribution < -0.4 is 16.2 Å². The number of morpholine rings is 1. The Morgan fingerprint density at radius 1 is 1.35 bits per heavy atom. The molecule has 0 atom stereocenters. The van der Waals surface area contributed by atoms with Crippen molar-refractivity contribution < 1.29 is 9.66 Å². The molecule has 1 heterocycles. The molecule has 0 spiro atoms. The summed E-state index contributed by atoms with van der Waals surface area (Å²) < 4.78 is 5.24. The summed E-state index contributed by atoms with van der Waals surface area (Å²) in [4.78, 5) is 12.4. The largest absolute Gasteiger partial charge is 0.378 e. The Morgan fingerprint density at radius 3 is 2.65 bits per heavy atom. The van der Waals surface area contributed by atoms with E-state index in [9.17, 15) is 10.1 Å².